The molecule has 1 amide bonds. The molecule has 1 aromatic heterocycles. The van der Waals surface area contributed by atoms with Crippen LogP contribution in [0.15, 0.2) is 33.5 Å². The molecule has 0 aliphatic heterocycles. The summed E-state index contributed by atoms with van der Waals surface area (Å²) in [5, 5.41) is 3.49. The number of benzene rings is 1. The largest absolute Gasteiger partial charge is 0.423 e. The Bertz CT molecular complexity index is 618. The first kappa shape index (κ1) is 11.1. The Kier molecular flexibility index (Phi) is 2.95. The molecule has 0 saturated carbocycles. The topological polar surface area (TPSA) is 59.3 Å². The van der Waals surface area contributed by atoms with Crippen molar-refractivity contribution >= 4 is 43.2 Å². The lowest BCUT2D eigenvalue weighted by Crippen LogP contribution is -2.01. The average Bonchev–Trinajstić information content (AvgIpc) is 2.15. The lowest BCUT2D eigenvalue weighted by molar-refractivity contribution is 0.272. The number of carbonyl (C=O) groups excluding carboxylic acids is 1. The van der Waals surface area contributed by atoms with Crippen LogP contribution in [0.3, 0.4) is 0 Å². The predicted molar refractivity (Wildman–Crippen MR) is 70.3 cm³/mol. The molecule has 1 aromatic carbocycles. The molecule has 4 nitrogen and oxygen atoms in total. The Morgan fingerprint density at radius 3 is 2.81 bits per heavy atom. The Labute approximate surface area is 105 Å². The van der Waals surface area contributed by atoms with Crippen LogP contribution >= 0.6 is 22.6 Å². The van der Waals surface area contributed by atoms with Gasteiger partial charge in [0.25, 0.3) is 3.91 Å². The van der Waals surface area contributed by atoms with E-state index in [9.17, 15) is 9.59 Å². The highest BCUT2D eigenvalue weighted by Gasteiger charge is 2.04. The highest BCUT2D eigenvalue weighted by atomic mass is 127. The third-order valence-corrected chi connectivity index (χ3v) is 2.46. The van der Waals surface area contributed by atoms with E-state index in [1.165, 1.54) is 6.07 Å². The number of halogens is 1. The van der Waals surface area contributed by atoms with Gasteiger partial charge >= 0.3 is 5.63 Å². The van der Waals surface area contributed by atoms with E-state index in [0.29, 0.717) is 11.3 Å². The summed E-state index contributed by atoms with van der Waals surface area (Å²) in [7, 11) is 0. The van der Waals surface area contributed by atoms with Gasteiger partial charge < -0.3 is 9.73 Å². The summed E-state index contributed by atoms with van der Waals surface area (Å²) < 4.78 is 4.87. The van der Waals surface area contributed by atoms with Crippen molar-refractivity contribution in [2.45, 2.75) is 6.92 Å². The second kappa shape index (κ2) is 4.25. The van der Waals surface area contributed by atoms with Crippen molar-refractivity contribution in [3.8, 4) is 0 Å². The normalized spacial score (nSPS) is 10.4. The van der Waals surface area contributed by atoms with E-state index in [1.807, 2.05) is 13.0 Å². The van der Waals surface area contributed by atoms with Crippen molar-refractivity contribution in [3.63, 3.8) is 0 Å². The average molecular weight is 329 g/mol. The third kappa shape index (κ3) is 2.24. The number of rotatable bonds is 1. The maximum absolute atomic E-state index is 11.2. The summed E-state index contributed by atoms with van der Waals surface area (Å²) in [5.41, 5.74) is 1.56. The van der Waals surface area contributed by atoms with E-state index in [2.05, 4.69) is 5.32 Å². The van der Waals surface area contributed by atoms with Gasteiger partial charge in [0.2, 0.25) is 0 Å². The van der Waals surface area contributed by atoms with Gasteiger partial charge in [-0.1, -0.05) is 0 Å². The molecule has 1 N–H and O–H groups in total. The maximum atomic E-state index is 11.2. The van der Waals surface area contributed by atoms with Crippen LogP contribution in [-0.4, -0.2) is 3.91 Å². The Morgan fingerprint density at radius 1 is 1.38 bits per heavy atom. The zero-order valence-electron chi connectivity index (χ0n) is 8.41. The molecule has 0 atom stereocenters. The minimum absolute atomic E-state index is 0.188. The fraction of sp³-hybridized carbons (Fsp3) is 0.0909. The van der Waals surface area contributed by atoms with Crippen molar-refractivity contribution in [2.75, 3.05) is 5.32 Å². The first-order valence-electron chi connectivity index (χ1n) is 4.57. The molecule has 0 saturated heterocycles. The molecule has 82 valence electrons. The van der Waals surface area contributed by atoms with Crippen molar-refractivity contribution in [2.24, 2.45) is 0 Å². The van der Waals surface area contributed by atoms with Gasteiger partial charge in [-0.15, -0.1) is 0 Å². The number of anilines is 1. The number of carbonyl (C=O) groups is 1. The van der Waals surface area contributed by atoms with Crippen molar-refractivity contribution < 1.29 is 9.21 Å². The molecule has 0 radical (unpaired) electrons. The molecular weight excluding hydrogens is 321 g/mol. The summed E-state index contributed by atoms with van der Waals surface area (Å²) >= 11 is 1.64. The molecule has 2 rings (SSSR count). The minimum atomic E-state index is -0.386. The van der Waals surface area contributed by atoms with Gasteiger partial charge in [0, 0.05) is 45.8 Å². The molecular formula is C11H8INO3. The highest BCUT2D eigenvalue weighted by molar-refractivity contribution is 14.1. The lowest BCUT2D eigenvalue weighted by atomic mass is 10.1. The van der Waals surface area contributed by atoms with Crippen LogP contribution in [0.1, 0.15) is 5.56 Å². The molecule has 0 spiro atoms. The molecule has 1 heterocycles. The van der Waals surface area contributed by atoms with Crippen LogP contribution in [0.4, 0.5) is 10.5 Å². The Hall–Kier alpha value is -1.37. The summed E-state index contributed by atoms with van der Waals surface area (Å²) in [5.74, 6) is 0. The number of fused-ring (bicyclic) bond motifs is 1. The van der Waals surface area contributed by atoms with Gasteiger partial charge in [0.05, 0.1) is 0 Å². The second-order valence-corrected chi connectivity index (χ2v) is 4.34. The number of nitrogens with one attached hydrogen (secondary N) is 1. The van der Waals surface area contributed by atoms with Crippen molar-refractivity contribution in [1.82, 2.24) is 0 Å². The van der Waals surface area contributed by atoms with E-state index in [1.54, 1.807) is 34.7 Å². The molecule has 0 fully saturated rings. The summed E-state index contributed by atoms with van der Waals surface area (Å²) in [4.78, 5) is 22.0. The Morgan fingerprint density at radius 2 is 2.12 bits per heavy atom. The standard InChI is InChI=1S/C11H8INO3/c1-6-4-10(14)16-9-5-7(13-11(12)15)2-3-8(6)9/h2-5H,1H3,(H,13,15). The summed E-state index contributed by atoms with van der Waals surface area (Å²) in [6.45, 7) is 1.84. The van der Waals surface area contributed by atoms with Gasteiger partial charge in [0.15, 0.2) is 0 Å². The summed E-state index contributed by atoms with van der Waals surface area (Å²) in [6, 6.07) is 6.67. The fourth-order valence-corrected chi connectivity index (χ4v) is 1.83. The van der Waals surface area contributed by atoms with Gasteiger partial charge in [-0.2, -0.15) is 0 Å². The SMILES string of the molecule is Cc1cc(=O)oc2cc(NC(=O)I)ccc12. The second-order valence-electron chi connectivity index (χ2n) is 3.36. The number of aryl methyl sites for hydroxylation is 1. The molecule has 16 heavy (non-hydrogen) atoms. The van der Waals surface area contributed by atoms with Crippen molar-refractivity contribution in [1.29, 1.82) is 0 Å². The highest BCUT2D eigenvalue weighted by Crippen LogP contribution is 2.20. The molecule has 0 aliphatic rings. The van der Waals surface area contributed by atoms with Crippen LogP contribution in [0.2, 0.25) is 0 Å². The van der Waals surface area contributed by atoms with E-state index >= 15 is 0 Å². The summed E-state index contributed by atoms with van der Waals surface area (Å²) in [6.07, 6.45) is 0. The molecule has 0 unspecified atom stereocenters. The molecule has 2 aromatic rings. The monoisotopic (exact) mass is 329 g/mol. The van der Waals surface area contributed by atoms with Crippen LogP contribution in [0, 0.1) is 6.92 Å². The lowest BCUT2D eigenvalue weighted by Gasteiger charge is -2.03. The molecule has 0 bridgehead atoms. The number of hydrogen-bond donors (Lipinski definition) is 1. The van der Waals surface area contributed by atoms with E-state index < -0.39 is 0 Å². The number of amides is 1. The predicted octanol–water partition coefficient (Wildman–Crippen LogP) is 3.07. The van der Waals surface area contributed by atoms with Gasteiger partial charge in [-0.05, 0) is 24.6 Å². The smallest absolute Gasteiger partial charge is 0.336 e. The number of hydrogen-bond acceptors (Lipinski definition) is 3. The van der Waals surface area contributed by atoms with Crippen LogP contribution in [-0.2, 0) is 0 Å². The van der Waals surface area contributed by atoms with Crippen molar-refractivity contribution in [3.05, 3.63) is 40.2 Å². The van der Waals surface area contributed by atoms with E-state index in [-0.39, 0.29) is 9.54 Å². The first-order valence-corrected chi connectivity index (χ1v) is 5.65. The van der Waals surface area contributed by atoms with Crippen LogP contribution in [0.5, 0.6) is 0 Å². The van der Waals surface area contributed by atoms with E-state index in [4.69, 9.17) is 4.42 Å². The Balaban J connectivity index is 2.61. The quantitative estimate of drug-likeness (QED) is 0.379. The van der Waals surface area contributed by atoms with Crippen LogP contribution < -0.4 is 10.9 Å². The molecule has 5 heteroatoms. The fourth-order valence-electron chi connectivity index (χ4n) is 1.52. The zero-order valence-corrected chi connectivity index (χ0v) is 10.6. The minimum Gasteiger partial charge on any atom is -0.423 e. The van der Waals surface area contributed by atoms with Gasteiger partial charge in [-0.25, -0.2) is 4.79 Å². The zero-order chi connectivity index (χ0) is 11.7. The molecule has 0 aliphatic carbocycles. The van der Waals surface area contributed by atoms with E-state index in [0.717, 1.165) is 10.9 Å². The maximum Gasteiger partial charge on any atom is 0.336 e. The van der Waals surface area contributed by atoms with Gasteiger partial charge in [-0.3, -0.25) is 4.79 Å². The van der Waals surface area contributed by atoms with Gasteiger partial charge in [0.1, 0.15) is 5.58 Å². The third-order valence-electron chi connectivity index (χ3n) is 2.19. The van der Waals surface area contributed by atoms with Crippen LogP contribution in [0.25, 0.3) is 11.0 Å². The first-order chi connectivity index (χ1) is 7.56.